The Kier molecular flexibility index (Phi) is 9.76. The van der Waals surface area contributed by atoms with Crippen molar-refractivity contribution in [2.45, 2.75) is 45.8 Å². The van der Waals surface area contributed by atoms with Crippen LogP contribution in [0.15, 0.2) is 48.5 Å². The maximum absolute atomic E-state index is 13.5. The van der Waals surface area contributed by atoms with Gasteiger partial charge in [0.2, 0.25) is 21.8 Å². The third kappa shape index (κ3) is 7.63. The number of ether oxygens (including phenoxy) is 1. The lowest BCUT2D eigenvalue weighted by atomic mass is 10.1. The molecule has 0 unspecified atom stereocenters. The summed E-state index contributed by atoms with van der Waals surface area (Å²) in [4.78, 5) is 27.7. The van der Waals surface area contributed by atoms with Gasteiger partial charge in [-0.05, 0) is 62.2 Å². The first-order valence-corrected chi connectivity index (χ1v) is 13.1. The van der Waals surface area contributed by atoms with Crippen LogP contribution >= 0.6 is 11.6 Å². The van der Waals surface area contributed by atoms with Gasteiger partial charge in [-0.15, -0.1) is 0 Å². The standard InChI is InChI=1S/C24H32ClN3O5S/c1-6-17(2)26-24(30)18(3)27(15-19-8-7-9-20(25)14-19)23(29)16-28(34(5,31)32)21-10-12-22(33-4)13-11-21/h7-14,17-18H,6,15-16H2,1-5H3,(H,26,30)/t17-,18+/m1/s1. The van der Waals surface area contributed by atoms with Gasteiger partial charge < -0.3 is 15.0 Å². The third-order valence-electron chi connectivity index (χ3n) is 5.45. The number of sulfonamides is 1. The fourth-order valence-electron chi connectivity index (χ4n) is 3.24. The van der Waals surface area contributed by atoms with E-state index in [1.165, 1.54) is 12.0 Å². The second-order valence-corrected chi connectivity index (χ2v) is 10.5. The van der Waals surface area contributed by atoms with Crippen LogP contribution in [-0.4, -0.2) is 57.1 Å². The number of methoxy groups -OCH3 is 1. The first kappa shape index (κ1) is 27.5. The summed E-state index contributed by atoms with van der Waals surface area (Å²) in [5, 5.41) is 3.38. The number of nitrogens with one attached hydrogen (secondary N) is 1. The van der Waals surface area contributed by atoms with Crippen LogP contribution in [0.1, 0.15) is 32.8 Å². The van der Waals surface area contributed by atoms with Crippen molar-refractivity contribution >= 4 is 39.1 Å². The number of carbonyl (C=O) groups is 2. The van der Waals surface area contributed by atoms with E-state index in [4.69, 9.17) is 16.3 Å². The molecule has 0 bridgehead atoms. The molecule has 0 fully saturated rings. The smallest absolute Gasteiger partial charge is 0.244 e. The van der Waals surface area contributed by atoms with E-state index in [1.54, 1.807) is 55.5 Å². The van der Waals surface area contributed by atoms with Crippen LogP contribution in [0.3, 0.4) is 0 Å². The molecule has 0 aliphatic rings. The molecule has 0 saturated carbocycles. The van der Waals surface area contributed by atoms with Gasteiger partial charge >= 0.3 is 0 Å². The minimum absolute atomic E-state index is 0.0649. The van der Waals surface area contributed by atoms with Crippen LogP contribution in [-0.2, 0) is 26.2 Å². The van der Waals surface area contributed by atoms with Crippen molar-refractivity contribution in [3.05, 3.63) is 59.1 Å². The Bertz CT molecular complexity index is 1090. The SMILES string of the molecule is CC[C@@H](C)NC(=O)[C@H](C)N(Cc1cccc(Cl)c1)C(=O)CN(c1ccc(OC)cc1)S(C)(=O)=O. The van der Waals surface area contributed by atoms with Gasteiger partial charge in [0.25, 0.3) is 0 Å². The molecule has 0 aliphatic carbocycles. The lowest BCUT2D eigenvalue weighted by Crippen LogP contribution is -2.52. The molecule has 2 aromatic carbocycles. The summed E-state index contributed by atoms with van der Waals surface area (Å²) in [6.45, 7) is 5.08. The summed E-state index contributed by atoms with van der Waals surface area (Å²) in [5.74, 6) is -0.283. The van der Waals surface area contributed by atoms with E-state index in [0.29, 0.717) is 16.5 Å². The molecule has 8 nitrogen and oxygen atoms in total. The molecule has 0 radical (unpaired) electrons. The van der Waals surface area contributed by atoms with Crippen molar-refractivity contribution in [2.75, 3.05) is 24.2 Å². The number of halogens is 1. The van der Waals surface area contributed by atoms with Gasteiger partial charge in [-0.25, -0.2) is 8.42 Å². The molecule has 1 N–H and O–H groups in total. The topological polar surface area (TPSA) is 96.0 Å². The highest BCUT2D eigenvalue weighted by Gasteiger charge is 2.30. The first-order valence-electron chi connectivity index (χ1n) is 10.9. The number of hydrogen-bond acceptors (Lipinski definition) is 5. The Morgan fingerprint density at radius 2 is 1.76 bits per heavy atom. The predicted octanol–water partition coefficient (Wildman–Crippen LogP) is 3.45. The molecule has 10 heteroatoms. The zero-order chi connectivity index (χ0) is 25.5. The second kappa shape index (κ2) is 12.1. The fraction of sp³-hybridized carbons (Fsp3) is 0.417. The third-order valence-corrected chi connectivity index (χ3v) is 6.83. The van der Waals surface area contributed by atoms with Crippen molar-refractivity contribution in [3.8, 4) is 5.75 Å². The van der Waals surface area contributed by atoms with E-state index >= 15 is 0 Å². The van der Waals surface area contributed by atoms with Crippen LogP contribution in [0.25, 0.3) is 0 Å². The fourth-order valence-corrected chi connectivity index (χ4v) is 4.30. The second-order valence-electron chi connectivity index (χ2n) is 8.11. The van der Waals surface area contributed by atoms with Crippen LogP contribution in [0.2, 0.25) is 5.02 Å². The molecule has 2 atom stereocenters. The van der Waals surface area contributed by atoms with E-state index in [2.05, 4.69) is 5.32 Å². The summed E-state index contributed by atoms with van der Waals surface area (Å²) in [6, 6.07) is 12.4. The molecule has 2 amide bonds. The number of anilines is 1. The molecule has 0 heterocycles. The highest BCUT2D eigenvalue weighted by atomic mass is 35.5. The number of hydrogen-bond donors (Lipinski definition) is 1. The van der Waals surface area contributed by atoms with Gasteiger partial charge in [0.05, 0.1) is 19.1 Å². The molecule has 0 aliphatic heterocycles. The Morgan fingerprint density at radius 1 is 1.12 bits per heavy atom. The average Bonchev–Trinajstić information content (AvgIpc) is 2.79. The summed E-state index contributed by atoms with van der Waals surface area (Å²) >= 11 is 6.11. The average molecular weight is 510 g/mol. The van der Waals surface area contributed by atoms with Crippen molar-refractivity contribution in [1.29, 1.82) is 0 Å². The van der Waals surface area contributed by atoms with Crippen molar-refractivity contribution in [2.24, 2.45) is 0 Å². The normalized spacial score (nSPS) is 13.0. The molecule has 186 valence electrons. The minimum atomic E-state index is -3.79. The van der Waals surface area contributed by atoms with Gasteiger partial charge in [-0.2, -0.15) is 0 Å². The van der Waals surface area contributed by atoms with Gasteiger partial charge in [0, 0.05) is 17.6 Å². The molecule has 0 aromatic heterocycles. The summed E-state index contributed by atoms with van der Waals surface area (Å²) < 4.78 is 31.3. The molecular weight excluding hydrogens is 478 g/mol. The Morgan fingerprint density at radius 3 is 2.29 bits per heavy atom. The monoisotopic (exact) mass is 509 g/mol. The van der Waals surface area contributed by atoms with E-state index in [-0.39, 0.29) is 18.5 Å². The Hall–Kier alpha value is -2.78. The number of amides is 2. The first-order chi connectivity index (χ1) is 16.0. The highest BCUT2D eigenvalue weighted by Crippen LogP contribution is 2.22. The van der Waals surface area contributed by atoms with Gasteiger partial charge in [-0.3, -0.25) is 13.9 Å². The largest absolute Gasteiger partial charge is 0.497 e. The van der Waals surface area contributed by atoms with Gasteiger partial charge in [0.15, 0.2) is 0 Å². The predicted molar refractivity (Wildman–Crippen MR) is 135 cm³/mol. The Balaban J connectivity index is 2.37. The molecule has 34 heavy (non-hydrogen) atoms. The minimum Gasteiger partial charge on any atom is -0.497 e. The maximum Gasteiger partial charge on any atom is 0.244 e. The van der Waals surface area contributed by atoms with Crippen molar-refractivity contribution in [1.82, 2.24) is 10.2 Å². The molecule has 0 spiro atoms. The van der Waals surface area contributed by atoms with Crippen LogP contribution in [0, 0.1) is 0 Å². The number of nitrogens with zero attached hydrogens (tertiary/aromatic N) is 2. The molecule has 0 saturated heterocycles. The van der Waals surface area contributed by atoms with E-state index < -0.39 is 28.5 Å². The molecule has 2 aromatic rings. The lowest BCUT2D eigenvalue weighted by Gasteiger charge is -2.32. The number of rotatable bonds is 11. The maximum atomic E-state index is 13.5. The van der Waals surface area contributed by atoms with Crippen molar-refractivity contribution < 1.29 is 22.7 Å². The quantitative estimate of drug-likeness (QED) is 0.500. The number of carbonyl (C=O) groups excluding carboxylic acids is 2. The summed E-state index contributed by atoms with van der Waals surface area (Å²) in [7, 11) is -2.28. The van der Waals surface area contributed by atoms with Crippen LogP contribution < -0.4 is 14.4 Å². The Labute approximate surface area is 206 Å². The summed E-state index contributed by atoms with van der Waals surface area (Å²) in [6.07, 6.45) is 1.77. The van der Waals surface area contributed by atoms with Gasteiger partial charge in [-0.1, -0.05) is 30.7 Å². The zero-order valence-corrected chi connectivity index (χ0v) is 21.7. The number of benzene rings is 2. The van der Waals surface area contributed by atoms with Gasteiger partial charge in [0.1, 0.15) is 18.3 Å². The van der Waals surface area contributed by atoms with Crippen molar-refractivity contribution in [3.63, 3.8) is 0 Å². The summed E-state index contributed by atoms with van der Waals surface area (Å²) in [5.41, 5.74) is 1.04. The van der Waals surface area contributed by atoms with E-state index in [1.807, 2.05) is 13.8 Å². The van der Waals surface area contributed by atoms with Crippen LogP contribution in [0.5, 0.6) is 5.75 Å². The van der Waals surface area contributed by atoms with E-state index in [9.17, 15) is 18.0 Å². The lowest BCUT2D eigenvalue weighted by molar-refractivity contribution is -0.139. The highest BCUT2D eigenvalue weighted by molar-refractivity contribution is 7.92. The molecular formula is C24H32ClN3O5S. The van der Waals surface area contributed by atoms with E-state index in [0.717, 1.165) is 22.5 Å². The zero-order valence-electron chi connectivity index (χ0n) is 20.1. The molecule has 2 rings (SSSR count). The van der Waals surface area contributed by atoms with Crippen LogP contribution in [0.4, 0.5) is 5.69 Å².